The minimum atomic E-state index is -0.195. The molecule has 108 valence electrons. The fourth-order valence-corrected chi connectivity index (χ4v) is 2.34. The summed E-state index contributed by atoms with van der Waals surface area (Å²) in [4.78, 5) is 12.3. The minimum absolute atomic E-state index is 0.0306. The summed E-state index contributed by atoms with van der Waals surface area (Å²) in [6.07, 6.45) is 0.858. The molecule has 0 aliphatic rings. The van der Waals surface area contributed by atoms with Crippen LogP contribution in [0, 0.1) is 13.8 Å². The van der Waals surface area contributed by atoms with E-state index in [1.54, 1.807) is 7.11 Å². The van der Waals surface area contributed by atoms with Crippen LogP contribution in [0.4, 0.5) is 0 Å². The van der Waals surface area contributed by atoms with E-state index in [0.717, 1.165) is 23.4 Å². The van der Waals surface area contributed by atoms with Crippen molar-refractivity contribution in [2.75, 3.05) is 13.7 Å². The predicted molar refractivity (Wildman–Crippen MR) is 75.2 cm³/mol. The number of hydrogen-bond donors (Lipinski definition) is 1. The fourth-order valence-electron chi connectivity index (χ4n) is 2.34. The molecule has 0 radical (unpaired) electrons. The zero-order valence-corrected chi connectivity index (χ0v) is 12.8. The van der Waals surface area contributed by atoms with Gasteiger partial charge in [0.25, 0.3) is 0 Å². The van der Waals surface area contributed by atoms with Gasteiger partial charge >= 0.3 is 0 Å². The summed E-state index contributed by atoms with van der Waals surface area (Å²) in [6.45, 7) is 8.44. The standard InChI is InChI=1S/C14H25N3O2/c1-7-12(8-19-6)15-14(18)9(2)13-10(3)16-17(5)11(13)4/h9,12H,7-8H2,1-6H3,(H,15,18). The molecule has 1 aromatic rings. The van der Waals surface area contributed by atoms with Gasteiger partial charge in [-0.15, -0.1) is 0 Å². The van der Waals surface area contributed by atoms with E-state index in [0.29, 0.717) is 6.61 Å². The molecule has 2 atom stereocenters. The lowest BCUT2D eigenvalue weighted by Crippen LogP contribution is -2.39. The second-order valence-electron chi connectivity index (χ2n) is 5.00. The molecule has 19 heavy (non-hydrogen) atoms. The lowest BCUT2D eigenvalue weighted by Gasteiger charge is -2.19. The van der Waals surface area contributed by atoms with Crippen LogP contribution in [0.5, 0.6) is 0 Å². The van der Waals surface area contributed by atoms with Crippen molar-refractivity contribution in [3.63, 3.8) is 0 Å². The van der Waals surface area contributed by atoms with Crippen LogP contribution in [-0.2, 0) is 16.6 Å². The third kappa shape index (κ3) is 3.56. The molecule has 0 saturated heterocycles. The maximum Gasteiger partial charge on any atom is 0.227 e. The summed E-state index contributed by atoms with van der Waals surface area (Å²) in [5, 5.41) is 7.39. The molecule has 0 aliphatic heterocycles. The molecule has 0 aliphatic carbocycles. The summed E-state index contributed by atoms with van der Waals surface area (Å²) < 4.78 is 6.92. The Hall–Kier alpha value is -1.36. The van der Waals surface area contributed by atoms with E-state index in [1.807, 2.05) is 39.4 Å². The first kappa shape index (κ1) is 15.7. The molecule has 1 N–H and O–H groups in total. The maximum atomic E-state index is 12.3. The van der Waals surface area contributed by atoms with Crippen LogP contribution < -0.4 is 5.32 Å². The highest BCUT2D eigenvalue weighted by Gasteiger charge is 2.23. The van der Waals surface area contributed by atoms with E-state index in [4.69, 9.17) is 4.74 Å². The third-order valence-electron chi connectivity index (χ3n) is 3.60. The van der Waals surface area contributed by atoms with E-state index in [2.05, 4.69) is 10.4 Å². The number of aromatic nitrogens is 2. The normalized spacial score (nSPS) is 14.2. The van der Waals surface area contributed by atoms with Gasteiger partial charge in [-0.05, 0) is 27.2 Å². The summed E-state index contributed by atoms with van der Waals surface area (Å²) in [6, 6.07) is 0.0669. The minimum Gasteiger partial charge on any atom is -0.383 e. The van der Waals surface area contributed by atoms with Crippen LogP contribution in [0.25, 0.3) is 0 Å². The topological polar surface area (TPSA) is 56.1 Å². The van der Waals surface area contributed by atoms with Crippen LogP contribution in [0.3, 0.4) is 0 Å². The maximum absolute atomic E-state index is 12.3. The van der Waals surface area contributed by atoms with Crippen LogP contribution in [0.15, 0.2) is 0 Å². The number of carbonyl (C=O) groups is 1. The highest BCUT2D eigenvalue weighted by atomic mass is 16.5. The third-order valence-corrected chi connectivity index (χ3v) is 3.60. The number of ether oxygens (including phenoxy) is 1. The van der Waals surface area contributed by atoms with Gasteiger partial charge in [0.1, 0.15) is 0 Å². The predicted octanol–water partition coefficient (Wildman–Crippen LogP) is 1.68. The first-order chi connectivity index (χ1) is 8.92. The molecule has 0 saturated carbocycles. The monoisotopic (exact) mass is 267 g/mol. The van der Waals surface area contributed by atoms with E-state index in [1.165, 1.54) is 0 Å². The first-order valence-electron chi connectivity index (χ1n) is 6.71. The van der Waals surface area contributed by atoms with Crippen molar-refractivity contribution in [3.05, 3.63) is 17.0 Å². The van der Waals surface area contributed by atoms with Crippen molar-refractivity contribution in [2.45, 2.75) is 46.1 Å². The summed E-state index contributed by atoms with van der Waals surface area (Å²) in [5.74, 6) is -0.164. The van der Waals surface area contributed by atoms with Gasteiger partial charge in [-0.3, -0.25) is 9.48 Å². The van der Waals surface area contributed by atoms with Gasteiger partial charge in [-0.2, -0.15) is 5.10 Å². The average Bonchev–Trinajstić information content (AvgIpc) is 2.61. The first-order valence-corrected chi connectivity index (χ1v) is 6.71. The quantitative estimate of drug-likeness (QED) is 0.853. The number of rotatable bonds is 6. The zero-order chi connectivity index (χ0) is 14.6. The number of hydrogen-bond acceptors (Lipinski definition) is 3. The molecule has 5 nitrogen and oxygen atoms in total. The molecule has 0 bridgehead atoms. The highest BCUT2D eigenvalue weighted by Crippen LogP contribution is 2.23. The van der Waals surface area contributed by atoms with Gasteiger partial charge in [0.05, 0.1) is 24.3 Å². The van der Waals surface area contributed by atoms with Crippen LogP contribution in [-0.4, -0.2) is 35.4 Å². The van der Waals surface area contributed by atoms with Gasteiger partial charge in [0.2, 0.25) is 5.91 Å². The van der Waals surface area contributed by atoms with Crippen molar-refractivity contribution in [1.29, 1.82) is 0 Å². The Morgan fingerprint density at radius 1 is 1.47 bits per heavy atom. The molecule has 0 aromatic carbocycles. The van der Waals surface area contributed by atoms with Crippen LogP contribution in [0.1, 0.15) is 43.1 Å². The fraction of sp³-hybridized carbons (Fsp3) is 0.714. The number of amides is 1. The number of aryl methyl sites for hydroxylation is 2. The SMILES string of the molecule is CCC(COC)NC(=O)C(C)c1c(C)nn(C)c1C. The second kappa shape index (κ2) is 6.70. The molecular formula is C14H25N3O2. The second-order valence-corrected chi connectivity index (χ2v) is 5.00. The summed E-state index contributed by atoms with van der Waals surface area (Å²) in [5.41, 5.74) is 2.98. The van der Waals surface area contributed by atoms with Crippen molar-refractivity contribution >= 4 is 5.91 Å². The Kier molecular flexibility index (Phi) is 5.54. The highest BCUT2D eigenvalue weighted by molar-refractivity contribution is 5.84. The lowest BCUT2D eigenvalue weighted by molar-refractivity contribution is -0.123. The van der Waals surface area contributed by atoms with Crippen molar-refractivity contribution < 1.29 is 9.53 Å². The molecule has 0 fully saturated rings. The van der Waals surface area contributed by atoms with Crippen molar-refractivity contribution in [1.82, 2.24) is 15.1 Å². The molecule has 5 heteroatoms. The summed E-state index contributed by atoms with van der Waals surface area (Å²) >= 11 is 0. The van der Waals surface area contributed by atoms with Crippen molar-refractivity contribution in [2.24, 2.45) is 7.05 Å². The Balaban J connectivity index is 2.82. The molecule has 1 heterocycles. The van der Waals surface area contributed by atoms with Gasteiger partial charge in [-0.1, -0.05) is 6.92 Å². The average molecular weight is 267 g/mol. The van der Waals surface area contributed by atoms with E-state index in [9.17, 15) is 4.79 Å². The Morgan fingerprint density at radius 2 is 2.11 bits per heavy atom. The molecule has 1 rings (SSSR count). The molecule has 1 amide bonds. The summed E-state index contributed by atoms with van der Waals surface area (Å²) in [7, 11) is 3.55. The van der Waals surface area contributed by atoms with E-state index >= 15 is 0 Å². The Morgan fingerprint density at radius 3 is 2.53 bits per heavy atom. The number of nitrogens with zero attached hydrogens (tertiary/aromatic N) is 2. The molecule has 0 spiro atoms. The number of methoxy groups -OCH3 is 1. The molecule has 1 aromatic heterocycles. The van der Waals surface area contributed by atoms with Crippen LogP contribution in [0.2, 0.25) is 0 Å². The van der Waals surface area contributed by atoms with Crippen LogP contribution >= 0.6 is 0 Å². The molecular weight excluding hydrogens is 242 g/mol. The van der Waals surface area contributed by atoms with Gasteiger partial charge in [0.15, 0.2) is 0 Å². The molecule has 2 unspecified atom stereocenters. The van der Waals surface area contributed by atoms with Gasteiger partial charge in [-0.25, -0.2) is 0 Å². The van der Waals surface area contributed by atoms with Gasteiger partial charge in [0, 0.05) is 25.4 Å². The van der Waals surface area contributed by atoms with E-state index < -0.39 is 0 Å². The number of nitrogens with one attached hydrogen (secondary N) is 1. The van der Waals surface area contributed by atoms with E-state index in [-0.39, 0.29) is 17.9 Å². The number of carbonyl (C=O) groups excluding carboxylic acids is 1. The lowest BCUT2D eigenvalue weighted by atomic mass is 9.98. The zero-order valence-electron chi connectivity index (χ0n) is 12.8. The smallest absolute Gasteiger partial charge is 0.227 e. The Bertz CT molecular complexity index is 440. The Labute approximate surface area is 115 Å². The van der Waals surface area contributed by atoms with Crippen molar-refractivity contribution in [3.8, 4) is 0 Å². The van der Waals surface area contributed by atoms with Gasteiger partial charge < -0.3 is 10.1 Å². The largest absolute Gasteiger partial charge is 0.383 e.